The molecule has 0 spiro atoms. The molecule has 0 aromatic heterocycles. The number of rotatable bonds is 65. The van der Waals surface area contributed by atoms with Crippen molar-refractivity contribution in [2.24, 2.45) is 23.7 Å². The average molecular weight is 1280 g/mol. The van der Waals surface area contributed by atoms with Crippen molar-refractivity contribution in [1.82, 2.24) is 0 Å². The van der Waals surface area contributed by atoms with Crippen LogP contribution in [-0.4, -0.2) is 96.7 Å². The fraction of sp³-hybridized carbons (Fsp3) is 0.941. The molecule has 0 rings (SSSR count). The number of hydrogen-bond donors (Lipinski definition) is 3. The van der Waals surface area contributed by atoms with Crippen molar-refractivity contribution in [3.63, 3.8) is 0 Å². The zero-order valence-corrected chi connectivity index (χ0v) is 58.4. The Morgan fingerprint density at radius 3 is 0.816 bits per heavy atom. The molecule has 87 heavy (non-hydrogen) atoms. The Balaban J connectivity index is 5.22. The molecule has 0 saturated carbocycles. The summed E-state index contributed by atoms with van der Waals surface area (Å²) in [6.45, 7) is 14.0. The van der Waals surface area contributed by atoms with Gasteiger partial charge in [-0.25, -0.2) is 9.13 Å². The summed E-state index contributed by atoms with van der Waals surface area (Å²) in [5.41, 5.74) is 0. The number of phosphoric ester groups is 2. The Hall–Kier alpha value is -1.94. The van der Waals surface area contributed by atoms with Crippen LogP contribution in [0.4, 0.5) is 0 Å². The number of carbonyl (C=O) groups excluding carboxylic acids is 4. The van der Waals surface area contributed by atoms with Gasteiger partial charge in [-0.05, 0) is 49.4 Å². The van der Waals surface area contributed by atoms with Crippen LogP contribution in [0.5, 0.6) is 0 Å². The maximum absolute atomic E-state index is 13.0. The summed E-state index contributed by atoms with van der Waals surface area (Å²) < 4.78 is 68.1. The van der Waals surface area contributed by atoms with Crippen molar-refractivity contribution in [2.75, 3.05) is 39.6 Å². The minimum Gasteiger partial charge on any atom is -0.462 e. The van der Waals surface area contributed by atoms with E-state index in [0.717, 1.165) is 108 Å². The third kappa shape index (κ3) is 61.3. The lowest BCUT2D eigenvalue weighted by Crippen LogP contribution is -2.30. The maximum atomic E-state index is 13.0. The number of esters is 4. The molecule has 0 aliphatic rings. The summed E-state index contributed by atoms with van der Waals surface area (Å²) in [7, 11) is -9.90. The van der Waals surface area contributed by atoms with E-state index in [9.17, 15) is 43.2 Å². The number of phosphoric acid groups is 2. The molecule has 6 atom stereocenters. The normalized spacial score (nSPS) is 14.6. The highest BCUT2D eigenvalue weighted by Crippen LogP contribution is 2.45. The van der Waals surface area contributed by atoms with E-state index in [2.05, 4.69) is 55.4 Å². The molecule has 0 aliphatic heterocycles. The van der Waals surface area contributed by atoms with E-state index >= 15 is 0 Å². The summed E-state index contributed by atoms with van der Waals surface area (Å²) >= 11 is 0. The third-order valence-corrected chi connectivity index (χ3v) is 17.8. The average Bonchev–Trinajstić information content (AvgIpc) is 3.63. The van der Waals surface area contributed by atoms with Crippen molar-refractivity contribution < 1.29 is 80.2 Å². The van der Waals surface area contributed by atoms with Crippen LogP contribution in [0.1, 0.15) is 331 Å². The second kappa shape index (κ2) is 57.9. The first-order chi connectivity index (χ1) is 41.6. The first kappa shape index (κ1) is 85.1. The molecule has 0 aromatic carbocycles. The van der Waals surface area contributed by atoms with Gasteiger partial charge in [0.15, 0.2) is 12.2 Å². The Kier molecular flexibility index (Phi) is 56.6. The Labute approximate surface area is 530 Å². The highest BCUT2D eigenvalue weighted by atomic mass is 31.2. The molecule has 0 saturated heterocycles. The SMILES string of the molecule is CCC(C)CCCCCCCCCCC(=O)OC[C@H](COP(=O)(O)OC[C@@H](O)COP(=O)(O)OC[C@@H](COC(=O)CCCCCCCCC(C)C)OC(=O)CCCCCCCCC(C)C)OC(=O)CCCCCCCCCCCCCCCCC(C)C. The van der Waals surface area contributed by atoms with Crippen molar-refractivity contribution in [3.8, 4) is 0 Å². The van der Waals surface area contributed by atoms with E-state index in [4.69, 9.17) is 37.0 Å². The predicted molar refractivity (Wildman–Crippen MR) is 349 cm³/mol. The Morgan fingerprint density at radius 1 is 0.322 bits per heavy atom. The number of carbonyl (C=O) groups is 4. The highest BCUT2D eigenvalue weighted by Gasteiger charge is 2.30. The third-order valence-electron chi connectivity index (χ3n) is 15.9. The lowest BCUT2D eigenvalue weighted by atomic mass is 9.99. The molecule has 516 valence electrons. The van der Waals surface area contributed by atoms with Gasteiger partial charge in [0.05, 0.1) is 26.4 Å². The summed E-state index contributed by atoms with van der Waals surface area (Å²) in [5.74, 6) is 0.783. The highest BCUT2D eigenvalue weighted by molar-refractivity contribution is 7.47. The van der Waals surface area contributed by atoms with Gasteiger partial charge in [0, 0.05) is 25.7 Å². The van der Waals surface area contributed by atoms with Crippen LogP contribution in [0, 0.1) is 23.7 Å². The van der Waals surface area contributed by atoms with E-state index in [1.807, 2.05) is 0 Å². The lowest BCUT2D eigenvalue weighted by Gasteiger charge is -2.21. The van der Waals surface area contributed by atoms with Gasteiger partial charge in [0.1, 0.15) is 19.3 Å². The van der Waals surface area contributed by atoms with Crippen LogP contribution in [0.15, 0.2) is 0 Å². The molecule has 0 bridgehead atoms. The topological polar surface area (TPSA) is 237 Å². The molecule has 17 nitrogen and oxygen atoms in total. The molecule has 19 heteroatoms. The zero-order valence-electron chi connectivity index (χ0n) is 56.6. The number of aliphatic hydroxyl groups is 1. The van der Waals surface area contributed by atoms with Gasteiger partial charge >= 0.3 is 39.5 Å². The summed E-state index contributed by atoms with van der Waals surface area (Å²) in [6, 6.07) is 0. The largest absolute Gasteiger partial charge is 0.472 e. The predicted octanol–water partition coefficient (Wildman–Crippen LogP) is 18.9. The second-order valence-corrected chi connectivity index (χ2v) is 29.1. The van der Waals surface area contributed by atoms with E-state index < -0.39 is 97.5 Å². The molecular weight excluding hydrogens is 1150 g/mol. The first-order valence-electron chi connectivity index (χ1n) is 35.2. The monoisotopic (exact) mass is 1280 g/mol. The van der Waals surface area contributed by atoms with E-state index in [0.29, 0.717) is 37.5 Å². The van der Waals surface area contributed by atoms with E-state index in [-0.39, 0.29) is 25.7 Å². The summed E-state index contributed by atoms with van der Waals surface area (Å²) in [5, 5.41) is 10.6. The molecular formula is C68H132O17P2. The quantitative estimate of drug-likeness (QED) is 0.0222. The van der Waals surface area contributed by atoms with Crippen LogP contribution in [0.25, 0.3) is 0 Å². The molecule has 0 radical (unpaired) electrons. The van der Waals surface area contributed by atoms with Gasteiger partial charge in [-0.3, -0.25) is 37.3 Å². The summed E-state index contributed by atoms with van der Waals surface area (Å²) in [4.78, 5) is 72.3. The van der Waals surface area contributed by atoms with Gasteiger partial charge in [-0.1, -0.05) is 280 Å². The minimum absolute atomic E-state index is 0.100. The Morgan fingerprint density at radius 2 is 0.552 bits per heavy atom. The molecule has 0 heterocycles. The molecule has 3 N–H and O–H groups in total. The van der Waals surface area contributed by atoms with Gasteiger partial charge in [0.2, 0.25) is 0 Å². The molecule has 0 aliphatic carbocycles. The standard InChI is InChI=1S/C68H132O17P2/c1-9-61(8)47-39-31-21-18-19-22-32-40-48-65(70)78-54-63(84-67(72)50-42-34-23-17-15-13-11-10-12-14-16-20-28-36-44-58(2)3)56-82-86(74,75)80-52-62(69)53-81-87(76,77)83-57-64(85-68(73)51-43-35-27-25-30-38-46-60(6)7)55-79-66(71)49-41-33-26-24-29-37-45-59(4)5/h58-64,69H,9-57H2,1-8H3,(H,74,75)(H,76,77)/t61?,62-,63-,64-/m1/s1. The van der Waals surface area contributed by atoms with E-state index in [1.54, 1.807) is 0 Å². The number of hydrogen-bond acceptors (Lipinski definition) is 15. The van der Waals surface area contributed by atoms with Crippen LogP contribution in [-0.2, 0) is 65.4 Å². The smallest absolute Gasteiger partial charge is 0.462 e. The van der Waals surface area contributed by atoms with Crippen molar-refractivity contribution in [2.45, 2.75) is 350 Å². The van der Waals surface area contributed by atoms with Crippen LogP contribution >= 0.6 is 15.6 Å². The van der Waals surface area contributed by atoms with Gasteiger partial charge < -0.3 is 33.8 Å². The van der Waals surface area contributed by atoms with Crippen molar-refractivity contribution in [3.05, 3.63) is 0 Å². The molecule has 0 fully saturated rings. The lowest BCUT2D eigenvalue weighted by molar-refractivity contribution is -0.161. The van der Waals surface area contributed by atoms with Crippen molar-refractivity contribution in [1.29, 1.82) is 0 Å². The van der Waals surface area contributed by atoms with Crippen LogP contribution < -0.4 is 0 Å². The number of unbranched alkanes of at least 4 members (excludes halogenated alkanes) is 30. The molecule has 0 aromatic rings. The van der Waals surface area contributed by atoms with Crippen molar-refractivity contribution >= 4 is 39.5 Å². The fourth-order valence-electron chi connectivity index (χ4n) is 10.1. The van der Waals surface area contributed by atoms with E-state index in [1.165, 1.54) is 128 Å². The van der Waals surface area contributed by atoms with Gasteiger partial charge in [-0.15, -0.1) is 0 Å². The minimum atomic E-state index is -4.95. The van der Waals surface area contributed by atoms with Crippen LogP contribution in [0.2, 0.25) is 0 Å². The molecule has 0 amide bonds. The van der Waals surface area contributed by atoms with Crippen LogP contribution in [0.3, 0.4) is 0 Å². The number of ether oxygens (including phenoxy) is 4. The maximum Gasteiger partial charge on any atom is 0.472 e. The molecule has 3 unspecified atom stereocenters. The Bertz CT molecular complexity index is 1730. The first-order valence-corrected chi connectivity index (χ1v) is 38.2. The van der Waals surface area contributed by atoms with Gasteiger partial charge in [-0.2, -0.15) is 0 Å². The fourth-order valence-corrected chi connectivity index (χ4v) is 11.7. The second-order valence-electron chi connectivity index (χ2n) is 26.2. The summed E-state index contributed by atoms with van der Waals surface area (Å²) in [6.07, 6.45) is 39.2. The zero-order chi connectivity index (χ0) is 64.7. The number of aliphatic hydroxyl groups excluding tert-OH is 1. The van der Waals surface area contributed by atoms with Gasteiger partial charge in [0.25, 0.3) is 0 Å².